The standard InChI is InChI=1S/C91H64BN3O2Si3/c1-63-80(95-78-48-24-30-54-88(78)100(70-40-16-6-17-41-70,71-42-18-7-19-43-71)89-55-31-25-49-79(89)95)62-83-90-91(63)97-82-61-65(94-76-46-22-28-52-86(76)99(68-36-12-4-13-37-68,69-38-14-5-15-39-69)87-53-29-23-47-77(87)94)57-59-73(82)92(90)72-58-56-64(60-81(72)96-83)93-74-44-20-26-50-84(74)98(66-32-8-2-9-33-66,67-34-10-3-11-35-67)85-51-27-21-45-75(85)93/h2-62H,1H3. The zero-order valence-corrected chi connectivity index (χ0v) is 58.0. The van der Waals surface area contributed by atoms with Gasteiger partial charge in [-0.05, 0) is 129 Å². The summed E-state index contributed by atoms with van der Waals surface area (Å²) in [5.41, 5.74) is 14.2. The highest BCUT2D eigenvalue weighted by atomic mass is 28.3. The van der Waals surface area contributed by atoms with Gasteiger partial charge in [-0.25, -0.2) is 0 Å². The van der Waals surface area contributed by atoms with Crippen LogP contribution < -0.4 is 103 Å². The SMILES string of the molecule is Cc1c(N2c3ccccc3[Si](c3ccccc3)(c3ccccc3)c3ccccc32)cc2c3c1Oc1cc(N4c5ccccc5[Si](c5ccccc5)(c5ccccc5)c5ccccc54)ccc1B3c1ccc(N3c4ccccc4[Si](c4ccccc4)(c4ccccc4)c4ccccc43)cc1O2. The summed E-state index contributed by atoms with van der Waals surface area (Å²) < 4.78 is 15.6. The van der Waals surface area contributed by atoms with E-state index in [1.54, 1.807) is 0 Å². The Labute approximate surface area is 586 Å². The molecule has 0 aromatic heterocycles. The summed E-state index contributed by atoms with van der Waals surface area (Å²) in [5, 5.41) is 16.1. The normalized spacial score (nSPS) is 14.8. The lowest BCUT2D eigenvalue weighted by atomic mass is 9.34. The molecule has 0 aliphatic carbocycles. The van der Waals surface area contributed by atoms with Gasteiger partial charge in [-0.15, -0.1) is 0 Å². The molecule has 5 nitrogen and oxygen atoms in total. The Morgan fingerprint density at radius 2 is 0.500 bits per heavy atom. The lowest BCUT2D eigenvalue weighted by molar-refractivity contribution is 0.462. The van der Waals surface area contributed by atoms with Crippen LogP contribution >= 0.6 is 0 Å². The largest absolute Gasteiger partial charge is 0.458 e. The summed E-state index contributed by atoms with van der Waals surface area (Å²) in [6.07, 6.45) is 0. The number of fused-ring (bicyclic) bond motifs is 10. The molecule has 0 saturated carbocycles. The second-order valence-electron chi connectivity index (χ2n) is 26.9. The molecule has 15 aromatic rings. The maximum atomic E-state index is 7.81. The quantitative estimate of drug-likeness (QED) is 0.134. The van der Waals surface area contributed by atoms with Crippen LogP contribution in [0.25, 0.3) is 0 Å². The molecule has 100 heavy (non-hydrogen) atoms. The third kappa shape index (κ3) is 8.16. The zero-order valence-electron chi connectivity index (χ0n) is 55.0. The molecule has 15 aromatic carbocycles. The highest BCUT2D eigenvalue weighted by molar-refractivity contribution is 7.23. The molecule has 5 aliphatic heterocycles. The van der Waals surface area contributed by atoms with Crippen molar-refractivity contribution in [3.63, 3.8) is 0 Å². The number of hydrogen-bond donors (Lipinski definition) is 0. The highest BCUT2D eigenvalue weighted by Gasteiger charge is 2.53. The topological polar surface area (TPSA) is 28.2 Å². The summed E-state index contributed by atoms with van der Waals surface area (Å²) in [6.45, 7) is 2.02. The maximum absolute atomic E-state index is 7.81. The van der Waals surface area contributed by atoms with Gasteiger partial charge in [-0.1, -0.05) is 303 Å². The molecule has 0 unspecified atom stereocenters. The van der Waals surface area contributed by atoms with Crippen LogP contribution in [0.5, 0.6) is 23.0 Å². The molecule has 5 aliphatic rings. The van der Waals surface area contributed by atoms with Crippen molar-refractivity contribution in [1.29, 1.82) is 0 Å². The summed E-state index contributed by atoms with van der Waals surface area (Å²) in [7, 11) is -8.76. The number of anilines is 9. The van der Waals surface area contributed by atoms with Gasteiger partial charge in [0.2, 0.25) is 0 Å². The van der Waals surface area contributed by atoms with Crippen molar-refractivity contribution in [2.75, 3.05) is 14.7 Å². The van der Waals surface area contributed by atoms with E-state index in [1.807, 2.05) is 0 Å². The van der Waals surface area contributed by atoms with Gasteiger partial charge in [0, 0.05) is 74.7 Å². The molecule has 0 saturated heterocycles. The van der Waals surface area contributed by atoms with Crippen LogP contribution in [0.2, 0.25) is 0 Å². The lowest BCUT2D eigenvalue weighted by Gasteiger charge is -2.46. The van der Waals surface area contributed by atoms with E-state index in [0.717, 1.165) is 73.4 Å². The minimum Gasteiger partial charge on any atom is -0.458 e. The molecule has 5 heterocycles. The average Bonchev–Trinajstić information content (AvgIpc) is 0.700. The van der Waals surface area contributed by atoms with Gasteiger partial charge in [0.05, 0.1) is 5.69 Å². The molecule has 0 bridgehead atoms. The van der Waals surface area contributed by atoms with Crippen molar-refractivity contribution in [2.45, 2.75) is 6.92 Å². The Balaban J connectivity index is 0.806. The van der Waals surface area contributed by atoms with Crippen LogP contribution in [0.1, 0.15) is 5.56 Å². The first-order valence-corrected chi connectivity index (χ1v) is 40.7. The van der Waals surface area contributed by atoms with Crippen LogP contribution in [0.3, 0.4) is 0 Å². The van der Waals surface area contributed by atoms with E-state index in [9.17, 15) is 0 Å². The third-order valence-electron chi connectivity index (χ3n) is 22.1. The van der Waals surface area contributed by atoms with E-state index in [-0.39, 0.29) is 6.71 Å². The van der Waals surface area contributed by atoms with E-state index in [2.05, 4.69) is 392 Å². The Kier molecular flexibility index (Phi) is 13.3. The Morgan fingerprint density at radius 3 is 0.800 bits per heavy atom. The number of nitrogens with zero attached hydrogens (tertiary/aromatic N) is 3. The van der Waals surface area contributed by atoms with E-state index >= 15 is 0 Å². The van der Waals surface area contributed by atoms with E-state index < -0.39 is 24.2 Å². The molecular formula is C91H64BN3O2Si3. The van der Waals surface area contributed by atoms with Gasteiger partial charge >= 0.3 is 0 Å². The molecule has 9 heteroatoms. The van der Waals surface area contributed by atoms with Gasteiger partial charge in [0.25, 0.3) is 6.71 Å². The molecule has 0 fully saturated rings. The lowest BCUT2D eigenvalue weighted by Crippen LogP contribution is -2.77. The zero-order chi connectivity index (χ0) is 66.1. The number of para-hydroxylation sites is 6. The van der Waals surface area contributed by atoms with Gasteiger partial charge in [-0.2, -0.15) is 0 Å². The van der Waals surface area contributed by atoms with Gasteiger partial charge < -0.3 is 24.2 Å². The molecule has 20 rings (SSSR count). The minimum atomic E-state index is -2.96. The van der Waals surface area contributed by atoms with E-state index in [4.69, 9.17) is 9.47 Å². The number of ether oxygens (including phenoxy) is 2. The predicted octanol–water partition coefficient (Wildman–Crippen LogP) is 12.2. The fourth-order valence-corrected chi connectivity index (χ4v) is 33.5. The number of rotatable bonds is 9. The monoisotopic (exact) mass is 1330 g/mol. The van der Waals surface area contributed by atoms with Crippen molar-refractivity contribution in [1.82, 2.24) is 0 Å². The first kappa shape index (κ1) is 58.2. The van der Waals surface area contributed by atoms with Crippen LogP contribution in [-0.4, -0.2) is 30.9 Å². The van der Waals surface area contributed by atoms with Crippen molar-refractivity contribution in [2.24, 2.45) is 0 Å². The molecule has 0 spiro atoms. The van der Waals surface area contributed by atoms with Crippen LogP contribution in [0.15, 0.2) is 370 Å². The molecule has 0 atom stereocenters. The summed E-state index contributed by atoms with van der Waals surface area (Å²) in [6, 6.07) is 139. The molecule has 0 N–H and O–H groups in total. The molecular weight excluding hydrogens is 1260 g/mol. The van der Waals surface area contributed by atoms with Crippen LogP contribution in [0, 0.1) is 6.92 Å². The second-order valence-corrected chi connectivity index (χ2v) is 38.1. The maximum Gasteiger partial charge on any atom is 0.260 e. The Bertz CT molecular complexity index is 5470. The first-order valence-electron chi connectivity index (χ1n) is 34.7. The van der Waals surface area contributed by atoms with Crippen LogP contribution in [0.4, 0.5) is 51.2 Å². The van der Waals surface area contributed by atoms with Crippen molar-refractivity contribution < 1.29 is 9.47 Å². The second kappa shape index (κ2) is 22.8. The highest BCUT2D eigenvalue weighted by Crippen LogP contribution is 2.49. The van der Waals surface area contributed by atoms with E-state index in [0.29, 0.717) is 0 Å². The summed E-state index contributed by atoms with van der Waals surface area (Å²) in [5.74, 6) is 3.21. The van der Waals surface area contributed by atoms with Gasteiger partial charge in [0.15, 0.2) is 24.2 Å². The van der Waals surface area contributed by atoms with Gasteiger partial charge in [-0.3, -0.25) is 0 Å². The average molecular weight is 1330 g/mol. The van der Waals surface area contributed by atoms with E-state index in [1.165, 1.54) is 85.0 Å². The van der Waals surface area contributed by atoms with Crippen molar-refractivity contribution >= 4 is 161 Å². The predicted molar refractivity (Wildman–Crippen MR) is 424 cm³/mol. The third-order valence-corrected chi connectivity index (χ3v) is 36.7. The molecule has 0 amide bonds. The fourth-order valence-electron chi connectivity index (χ4n) is 18.2. The first-order chi connectivity index (χ1) is 49.6. The summed E-state index contributed by atoms with van der Waals surface area (Å²) in [4.78, 5) is 7.51. The van der Waals surface area contributed by atoms with Crippen LogP contribution in [-0.2, 0) is 0 Å². The molecule has 470 valence electrons. The Hall–Kier alpha value is -12.0. The van der Waals surface area contributed by atoms with Crippen molar-refractivity contribution in [3.05, 3.63) is 376 Å². The van der Waals surface area contributed by atoms with Gasteiger partial charge in [0.1, 0.15) is 23.0 Å². The fraction of sp³-hybridized carbons (Fsp3) is 0.0110. The number of hydrogen-bond acceptors (Lipinski definition) is 5. The minimum absolute atomic E-state index is 0.250. The van der Waals surface area contributed by atoms with Crippen molar-refractivity contribution in [3.8, 4) is 23.0 Å². The smallest absolute Gasteiger partial charge is 0.260 e. The Morgan fingerprint density at radius 1 is 0.240 bits per heavy atom. The number of benzene rings is 15. The molecule has 0 radical (unpaired) electrons. The summed E-state index contributed by atoms with van der Waals surface area (Å²) >= 11 is 0.